The van der Waals surface area contributed by atoms with Crippen LogP contribution in [0.2, 0.25) is 0 Å². The molecule has 5 aromatic rings. The second kappa shape index (κ2) is 11.7. The van der Waals surface area contributed by atoms with E-state index in [-0.39, 0.29) is 19.1 Å². The molecule has 1 heterocycles. The first-order valence-electron chi connectivity index (χ1n) is 13.8. The molecule has 1 amide bonds. The van der Waals surface area contributed by atoms with E-state index in [1.807, 2.05) is 95.9 Å². The second-order valence-electron chi connectivity index (χ2n) is 9.84. The van der Waals surface area contributed by atoms with E-state index in [0.29, 0.717) is 22.6 Å². The van der Waals surface area contributed by atoms with Gasteiger partial charge in [-0.25, -0.2) is 4.79 Å². The van der Waals surface area contributed by atoms with Gasteiger partial charge < -0.3 is 19.5 Å². The third-order valence-corrected chi connectivity index (χ3v) is 7.34. The SMILES string of the molecule is CCOC(=O)c1ccccc1OCc1cc([C@@H]2Nc3ccccc3C(=O)N2c2cccc3ccccc23)ccc1OC. The highest BCUT2D eigenvalue weighted by Gasteiger charge is 2.35. The van der Waals surface area contributed by atoms with Crippen molar-refractivity contribution >= 4 is 34.0 Å². The number of fused-ring (bicyclic) bond motifs is 2. The Labute approximate surface area is 244 Å². The molecule has 5 aromatic carbocycles. The van der Waals surface area contributed by atoms with Crippen LogP contribution in [0.15, 0.2) is 109 Å². The first-order chi connectivity index (χ1) is 20.6. The lowest BCUT2D eigenvalue weighted by molar-refractivity contribution is 0.0521. The number of esters is 1. The van der Waals surface area contributed by atoms with Crippen LogP contribution in [0.5, 0.6) is 11.5 Å². The quantitative estimate of drug-likeness (QED) is 0.200. The van der Waals surface area contributed by atoms with E-state index < -0.39 is 12.1 Å². The van der Waals surface area contributed by atoms with Gasteiger partial charge in [-0.3, -0.25) is 9.69 Å². The highest BCUT2D eigenvalue weighted by molar-refractivity contribution is 6.15. The summed E-state index contributed by atoms with van der Waals surface area (Å²) in [6, 6.07) is 34.4. The Morgan fingerprint density at radius 2 is 1.62 bits per heavy atom. The van der Waals surface area contributed by atoms with Gasteiger partial charge in [-0.2, -0.15) is 0 Å². The van der Waals surface area contributed by atoms with E-state index in [1.165, 1.54) is 0 Å². The fourth-order valence-corrected chi connectivity index (χ4v) is 5.36. The van der Waals surface area contributed by atoms with Crippen LogP contribution in [0.4, 0.5) is 11.4 Å². The number of rotatable bonds is 8. The number of anilines is 2. The number of nitrogens with zero attached hydrogens (tertiary/aromatic N) is 1. The summed E-state index contributed by atoms with van der Waals surface area (Å²) < 4.78 is 17.0. The van der Waals surface area contributed by atoms with Crippen LogP contribution in [-0.2, 0) is 11.3 Å². The highest BCUT2D eigenvalue weighted by atomic mass is 16.5. The average molecular weight is 559 g/mol. The average Bonchev–Trinajstić information content (AvgIpc) is 3.03. The smallest absolute Gasteiger partial charge is 0.341 e. The zero-order chi connectivity index (χ0) is 29.1. The van der Waals surface area contributed by atoms with Crippen LogP contribution in [0.3, 0.4) is 0 Å². The largest absolute Gasteiger partial charge is 0.496 e. The minimum Gasteiger partial charge on any atom is -0.496 e. The van der Waals surface area contributed by atoms with Gasteiger partial charge >= 0.3 is 5.97 Å². The summed E-state index contributed by atoms with van der Waals surface area (Å²) in [5, 5.41) is 5.62. The molecule has 0 fully saturated rings. The summed E-state index contributed by atoms with van der Waals surface area (Å²) in [4.78, 5) is 28.4. The maximum Gasteiger partial charge on any atom is 0.341 e. The van der Waals surface area contributed by atoms with E-state index in [1.54, 1.807) is 32.2 Å². The number of hydrogen-bond acceptors (Lipinski definition) is 6. The summed E-state index contributed by atoms with van der Waals surface area (Å²) in [7, 11) is 1.60. The van der Waals surface area contributed by atoms with Crippen LogP contribution in [-0.4, -0.2) is 25.6 Å². The molecule has 0 unspecified atom stereocenters. The van der Waals surface area contributed by atoms with Crippen molar-refractivity contribution in [1.82, 2.24) is 0 Å². The van der Waals surface area contributed by atoms with Gasteiger partial charge in [-0.05, 0) is 60.3 Å². The van der Waals surface area contributed by atoms with Crippen molar-refractivity contribution in [1.29, 1.82) is 0 Å². The Morgan fingerprint density at radius 1 is 0.857 bits per heavy atom. The molecule has 6 rings (SSSR count). The maximum absolute atomic E-state index is 14.1. The van der Waals surface area contributed by atoms with Gasteiger partial charge in [0, 0.05) is 16.6 Å². The Balaban J connectivity index is 1.40. The van der Waals surface area contributed by atoms with Gasteiger partial charge in [0.05, 0.1) is 25.0 Å². The van der Waals surface area contributed by atoms with E-state index in [9.17, 15) is 9.59 Å². The molecule has 1 aliphatic heterocycles. The molecule has 0 aliphatic carbocycles. The molecule has 0 radical (unpaired) electrons. The summed E-state index contributed by atoms with van der Waals surface area (Å²) in [6.07, 6.45) is -0.505. The summed E-state index contributed by atoms with van der Waals surface area (Å²) >= 11 is 0. The predicted molar refractivity (Wildman–Crippen MR) is 163 cm³/mol. The second-order valence-corrected chi connectivity index (χ2v) is 9.84. The number of carbonyl (C=O) groups is 2. The first kappa shape index (κ1) is 26.9. The van der Waals surface area contributed by atoms with Gasteiger partial charge in [0.25, 0.3) is 5.91 Å². The Morgan fingerprint density at radius 3 is 2.48 bits per heavy atom. The van der Waals surface area contributed by atoms with Crippen LogP contribution in [0, 0.1) is 0 Å². The molecule has 1 atom stereocenters. The molecule has 0 bridgehead atoms. The zero-order valence-electron chi connectivity index (χ0n) is 23.4. The van der Waals surface area contributed by atoms with Crippen molar-refractivity contribution in [2.24, 2.45) is 0 Å². The number of amides is 1. The van der Waals surface area contributed by atoms with Crippen molar-refractivity contribution in [3.63, 3.8) is 0 Å². The van der Waals surface area contributed by atoms with Crippen molar-refractivity contribution in [2.75, 3.05) is 23.9 Å². The first-order valence-corrected chi connectivity index (χ1v) is 13.8. The number of carbonyl (C=O) groups excluding carboxylic acids is 2. The summed E-state index contributed by atoms with van der Waals surface area (Å²) in [5.41, 5.74) is 4.15. The molecule has 42 heavy (non-hydrogen) atoms. The summed E-state index contributed by atoms with van der Waals surface area (Å²) in [5.74, 6) is 0.512. The van der Waals surface area contributed by atoms with Crippen LogP contribution < -0.4 is 19.7 Å². The van der Waals surface area contributed by atoms with Crippen molar-refractivity contribution in [3.8, 4) is 11.5 Å². The molecule has 1 N–H and O–H groups in total. The van der Waals surface area contributed by atoms with Crippen LogP contribution >= 0.6 is 0 Å². The molecule has 0 saturated carbocycles. The molecule has 210 valence electrons. The molecule has 0 spiro atoms. The number of hydrogen-bond donors (Lipinski definition) is 1. The Hall–Kier alpha value is -5.30. The topological polar surface area (TPSA) is 77.1 Å². The van der Waals surface area contributed by atoms with Gasteiger partial charge in [0.15, 0.2) is 0 Å². The number of para-hydroxylation sites is 2. The van der Waals surface area contributed by atoms with Gasteiger partial charge in [-0.1, -0.05) is 66.7 Å². The summed E-state index contributed by atoms with van der Waals surface area (Å²) in [6.45, 7) is 2.17. The molecular formula is C35H30N2O5. The fraction of sp³-hybridized carbons (Fsp3) is 0.143. The zero-order valence-corrected chi connectivity index (χ0v) is 23.4. The number of benzene rings is 5. The number of nitrogens with one attached hydrogen (secondary N) is 1. The lowest BCUT2D eigenvalue weighted by Gasteiger charge is -2.39. The Bertz CT molecular complexity index is 1780. The minimum absolute atomic E-state index is 0.0947. The molecule has 7 heteroatoms. The van der Waals surface area contributed by atoms with Crippen molar-refractivity contribution in [3.05, 3.63) is 131 Å². The van der Waals surface area contributed by atoms with Crippen LogP contribution in [0.1, 0.15) is 44.9 Å². The van der Waals surface area contributed by atoms with Crippen molar-refractivity contribution in [2.45, 2.75) is 19.7 Å². The molecule has 0 saturated heterocycles. The number of ether oxygens (including phenoxy) is 3. The fourth-order valence-electron chi connectivity index (χ4n) is 5.36. The highest BCUT2D eigenvalue weighted by Crippen LogP contribution is 2.40. The van der Waals surface area contributed by atoms with Gasteiger partial charge in [-0.15, -0.1) is 0 Å². The maximum atomic E-state index is 14.1. The lowest BCUT2D eigenvalue weighted by atomic mass is 9.99. The number of methoxy groups -OCH3 is 1. The van der Waals surface area contributed by atoms with Gasteiger partial charge in [0.2, 0.25) is 0 Å². The molecule has 1 aliphatic rings. The Kier molecular flexibility index (Phi) is 7.47. The standard InChI is InChI=1S/C35H30N2O5/c1-3-41-35(39)28-15-7-9-18-32(28)42-22-25-21-24(19-20-31(25)40-2)33-36-29-16-8-6-14-27(29)34(38)37(33)30-17-10-12-23-11-4-5-13-26(23)30/h4-21,33,36H,3,22H2,1-2H3/t33-/m1/s1. The van der Waals surface area contributed by atoms with E-state index in [0.717, 1.165) is 33.3 Å². The lowest BCUT2D eigenvalue weighted by Crippen LogP contribution is -2.43. The van der Waals surface area contributed by atoms with E-state index in [4.69, 9.17) is 14.2 Å². The predicted octanol–water partition coefficient (Wildman–Crippen LogP) is 7.38. The third kappa shape index (κ3) is 5.01. The normalized spacial score (nSPS) is 14.2. The monoisotopic (exact) mass is 558 g/mol. The third-order valence-electron chi connectivity index (χ3n) is 7.34. The van der Waals surface area contributed by atoms with E-state index in [2.05, 4.69) is 5.32 Å². The van der Waals surface area contributed by atoms with E-state index >= 15 is 0 Å². The molecular weight excluding hydrogens is 528 g/mol. The molecule has 7 nitrogen and oxygen atoms in total. The van der Waals surface area contributed by atoms with Crippen LogP contribution in [0.25, 0.3) is 10.8 Å². The minimum atomic E-state index is -0.505. The molecule has 0 aromatic heterocycles. The van der Waals surface area contributed by atoms with Gasteiger partial charge in [0.1, 0.15) is 29.8 Å². The van der Waals surface area contributed by atoms with Crippen molar-refractivity contribution < 1.29 is 23.8 Å².